The molecule has 0 aliphatic carbocycles. The van der Waals surface area contributed by atoms with E-state index in [9.17, 15) is 14.7 Å². The molecule has 5 aromatic rings. The van der Waals surface area contributed by atoms with Crippen LogP contribution in [0, 0.1) is 0 Å². The first-order valence-electron chi connectivity index (χ1n) is 16.7. The maximum Gasteiger partial charge on any atom is 0.338 e. The quantitative estimate of drug-likeness (QED) is 0.224. The number of esters is 1. The summed E-state index contributed by atoms with van der Waals surface area (Å²) in [6.07, 6.45) is 1.33. The summed E-state index contributed by atoms with van der Waals surface area (Å²) in [5.74, 6) is -0.423. The number of β-amino-alcohol motifs (C(OH)–C–C–N with tert-alkyl or cyclic N) is 1. The van der Waals surface area contributed by atoms with Crippen molar-refractivity contribution in [2.45, 2.75) is 31.2 Å². The number of carbonyl (C=O) groups is 2. The van der Waals surface area contributed by atoms with E-state index in [1.54, 1.807) is 24.4 Å². The molecular weight excluding hydrogens is 600 g/mol. The Labute approximate surface area is 281 Å². The number of hydrogen-bond acceptors (Lipinski definition) is 7. The van der Waals surface area contributed by atoms with Gasteiger partial charge in [-0.05, 0) is 52.9 Å². The largest absolute Gasteiger partial charge is 0.459 e. The zero-order chi connectivity index (χ0) is 32.9. The number of carbonyl (C=O) groups excluding carboxylic acids is 2. The van der Waals surface area contributed by atoms with Crippen LogP contribution < -0.4 is 0 Å². The molecule has 0 radical (unpaired) electrons. The molecule has 0 spiro atoms. The molecule has 0 saturated carbocycles. The number of pyridine rings is 1. The lowest BCUT2D eigenvalue weighted by atomic mass is 9.92. The Morgan fingerprint density at radius 2 is 1.46 bits per heavy atom. The van der Waals surface area contributed by atoms with Crippen LogP contribution in [-0.4, -0.2) is 88.1 Å². The number of nitrogens with zero attached hydrogens (tertiary/aromatic N) is 4. The van der Waals surface area contributed by atoms with Gasteiger partial charge in [0.2, 0.25) is 5.91 Å². The SMILES string of the molecule is O=C(OCC(O)CN1Cc2ccccc2C[C@H]1C(=O)N1CCN(C(c2ccccc2)c2ccccc2)CC1)c1ccc2ncccc2c1. The molecule has 0 bridgehead atoms. The summed E-state index contributed by atoms with van der Waals surface area (Å²) in [7, 11) is 0. The molecule has 1 aromatic heterocycles. The normalized spacial score (nSPS) is 17.6. The molecule has 3 heterocycles. The number of ether oxygens (including phenoxy) is 1. The van der Waals surface area contributed by atoms with E-state index in [2.05, 4.69) is 70.5 Å². The highest BCUT2D eigenvalue weighted by Crippen LogP contribution is 2.31. The van der Waals surface area contributed by atoms with Crippen molar-refractivity contribution < 1.29 is 19.4 Å². The molecular formula is C40H40N4O4. The molecule has 8 nitrogen and oxygen atoms in total. The van der Waals surface area contributed by atoms with Crippen LogP contribution in [0.1, 0.15) is 38.7 Å². The highest BCUT2D eigenvalue weighted by molar-refractivity contribution is 5.94. The van der Waals surface area contributed by atoms with Crippen molar-refractivity contribution in [1.82, 2.24) is 19.7 Å². The molecule has 2 aliphatic rings. The third-order valence-electron chi connectivity index (χ3n) is 9.54. The molecule has 8 heteroatoms. The predicted molar refractivity (Wildman–Crippen MR) is 185 cm³/mol. The number of rotatable bonds is 9. The van der Waals surface area contributed by atoms with Crippen molar-refractivity contribution in [3.63, 3.8) is 0 Å². The Morgan fingerprint density at radius 1 is 0.792 bits per heavy atom. The molecule has 1 amide bonds. The Bertz CT molecular complexity index is 1820. The molecule has 1 fully saturated rings. The minimum absolute atomic E-state index is 0.0779. The number of hydrogen-bond donors (Lipinski definition) is 1. The summed E-state index contributed by atoms with van der Waals surface area (Å²) >= 11 is 0. The molecule has 1 unspecified atom stereocenters. The number of fused-ring (bicyclic) bond motifs is 2. The first-order valence-corrected chi connectivity index (χ1v) is 16.7. The predicted octanol–water partition coefficient (Wildman–Crippen LogP) is 5.11. The van der Waals surface area contributed by atoms with Gasteiger partial charge in [-0.1, -0.05) is 91.0 Å². The van der Waals surface area contributed by atoms with E-state index < -0.39 is 18.1 Å². The Kier molecular flexibility index (Phi) is 9.56. The van der Waals surface area contributed by atoms with Gasteiger partial charge in [0, 0.05) is 50.9 Å². The minimum Gasteiger partial charge on any atom is -0.459 e. The van der Waals surface area contributed by atoms with Gasteiger partial charge in [-0.2, -0.15) is 0 Å². The number of benzene rings is 4. The number of piperazine rings is 1. The number of amides is 1. The molecule has 48 heavy (non-hydrogen) atoms. The zero-order valence-electron chi connectivity index (χ0n) is 26.9. The lowest BCUT2D eigenvalue weighted by Gasteiger charge is -2.43. The van der Waals surface area contributed by atoms with Crippen molar-refractivity contribution >= 4 is 22.8 Å². The highest BCUT2D eigenvalue weighted by atomic mass is 16.5. The summed E-state index contributed by atoms with van der Waals surface area (Å²) in [4.78, 5) is 37.9. The number of aromatic nitrogens is 1. The van der Waals surface area contributed by atoms with Gasteiger partial charge in [0.1, 0.15) is 12.7 Å². The fourth-order valence-electron chi connectivity index (χ4n) is 7.09. The Balaban J connectivity index is 1.01. The van der Waals surface area contributed by atoms with Crippen molar-refractivity contribution in [3.8, 4) is 0 Å². The van der Waals surface area contributed by atoms with Gasteiger partial charge in [-0.25, -0.2) is 4.79 Å². The zero-order valence-corrected chi connectivity index (χ0v) is 26.9. The van der Waals surface area contributed by atoms with Crippen molar-refractivity contribution in [1.29, 1.82) is 0 Å². The van der Waals surface area contributed by atoms with E-state index in [1.807, 2.05) is 46.2 Å². The second-order valence-electron chi connectivity index (χ2n) is 12.7. The third kappa shape index (κ3) is 7.01. The van der Waals surface area contributed by atoms with Crippen molar-refractivity contribution in [2.75, 3.05) is 39.3 Å². The Hall–Kier alpha value is -4.89. The summed E-state index contributed by atoms with van der Waals surface area (Å²) in [5.41, 5.74) is 5.99. The van der Waals surface area contributed by atoms with Crippen LogP contribution >= 0.6 is 0 Å². The van der Waals surface area contributed by atoms with Crippen LogP contribution in [0.5, 0.6) is 0 Å². The van der Waals surface area contributed by atoms with Crippen LogP contribution in [0.3, 0.4) is 0 Å². The fraction of sp³-hybridized carbons (Fsp3) is 0.275. The van der Waals surface area contributed by atoms with E-state index in [4.69, 9.17) is 4.74 Å². The van der Waals surface area contributed by atoms with Crippen molar-refractivity contribution in [2.24, 2.45) is 0 Å². The smallest absolute Gasteiger partial charge is 0.338 e. The van der Waals surface area contributed by atoms with Gasteiger partial charge in [0.15, 0.2) is 0 Å². The maximum absolute atomic E-state index is 14.2. The third-order valence-corrected chi connectivity index (χ3v) is 9.54. The molecule has 244 valence electrons. The van der Waals surface area contributed by atoms with Crippen LogP contribution in [0.25, 0.3) is 10.9 Å². The van der Waals surface area contributed by atoms with Crippen LogP contribution in [0.2, 0.25) is 0 Å². The second-order valence-corrected chi connectivity index (χ2v) is 12.7. The van der Waals surface area contributed by atoms with E-state index in [1.165, 1.54) is 11.1 Å². The first kappa shape index (κ1) is 31.7. The summed E-state index contributed by atoms with van der Waals surface area (Å²) in [5, 5.41) is 11.9. The second kappa shape index (κ2) is 14.5. The van der Waals surface area contributed by atoms with Gasteiger partial charge in [0.25, 0.3) is 0 Å². The van der Waals surface area contributed by atoms with Gasteiger partial charge in [-0.15, -0.1) is 0 Å². The van der Waals surface area contributed by atoms with Gasteiger partial charge in [0.05, 0.1) is 23.2 Å². The minimum atomic E-state index is -0.953. The van der Waals surface area contributed by atoms with E-state index in [-0.39, 0.29) is 25.1 Å². The monoisotopic (exact) mass is 640 g/mol. The van der Waals surface area contributed by atoms with Crippen LogP contribution in [-0.2, 0) is 22.5 Å². The summed E-state index contributed by atoms with van der Waals surface area (Å²) < 4.78 is 5.53. The van der Waals surface area contributed by atoms with Crippen molar-refractivity contribution in [3.05, 3.63) is 149 Å². The number of aliphatic hydroxyl groups is 1. The maximum atomic E-state index is 14.2. The molecule has 4 aromatic carbocycles. The van der Waals surface area contributed by atoms with Gasteiger partial charge < -0.3 is 14.7 Å². The van der Waals surface area contributed by atoms with E-state index in [0.717, 1.165) is 35.1 Å². The van der Waals surface area contributed by atoms with Crippen LogP contribution in [0.4, 0.5) is 0 Å². The standard InChI is InChI=1S/C40H40N4O4/c45-35(28-48-40(47)33-17-18-36-32(24-33)16-9-19-41-36)27-44-26-34-15-8-7-14-31(34)25-37(44)39(46)43-22-20-42(21-23-43)38(29-10-3-1-4-11-29)30-12-5-2-6-13-30/h1-19,24,35,37-38,45H,20-23,25-28H2/t35?,37-/m0/s1. The summed E-state index contributed by atoms with van der Waals surface area (Å²) in [6.45, 7) is 3.36. The Morgan fingerprint density at radius 3 is 2.17 bits per heavy atom. The van der Waals surface area contributed by atoms with Crippen LogP contribution in [0.15, 0.2) is 121 Å². The topological polar surface area (TPSA) is 86.2 Å². The average molecular weight is 641 g/mol. The average Bonchev–Trinajstić information content (AvgIpc) is 3.14. The molecule has 1 N–H and O–H groups in total. The summed E-state index contributed by atoms with van der Waals surface area (Å²) in [6, 6.07) is 37.9. The fourth-order valence-corrected chi connectivity index (χ4v) is 7.09. The van der Waals surface area contributed by atoms with E-state index in [0.29, 0.717) is 31.6 Å². The van der Waals surface area contributed by atoms with Gasteiger partial charge >= 0.3 is 5.97 Å². The molecule has 1 saturated heterocycles. The molecule has 2 atom stereocenters. The first-order chi connectivity index (χ1) is 23.5. The number of aliphatic hydroxyl groups excluding tert-OH is 1. The highest BCUT2D eigenvalue weighted by Gasteiger charge is 2.37. The lowest BCUT2D eigenvalue weighted by molar-refractivity contribution is -0.140. The van der Waals surface area contributed by atoms with E-state index >= 15 is 0 Å². The van der Waals surface area contributed by atoms with Gasteiger partial charge in [-0.3, -0.25) is 19.6 Å². The molecule has 7 rings (SSSR count). The lowest BCUT2D eigenvalue weighted by Crippen LogP contribution is -2.57. The molecule has 2 aliphatic heterocycles.